The summed E-state index contributed by atoms with van der Waals surface area (Å²) in [4.78, 5) is 8.79. The normalized spacial score (nSPS) is 17.1. The molecule has 1 aliphatic rings. The molecule has 3 N–H and O–H groups in total. The number of anilines is 1. The number of rotatable bonds is 4. The van der Waals surface area contributed by atoms with Gasteiger partial charge >= 0.3 is 0 Å². The fourth-order valence-corrected chi connectivity index (χ4v) is 2.20. The average Bonchev–Trinajstić information content (AvgIpc) is 2.61. The van der Waals surface area contributed by atoms with E-state index in [-0.39, 0.29) is 0 Å². The molecule has 1 unspecified atom stereocenters. The van der Waals surface area contributed by atoms with Gasteiger partial charge in [0.25, 0.3) is 0 Å². The Labute approximate surface area is 103 Å². The SMILES string of the molecule is CC(CN)CNc1ncnc2c1CCCCC2. The zero-order valence-corrected chi connectivity index (χ0v) is 10.6. The minimum Gasteiger partial charge on any atom is -0.369 e. The summed E-state index contributed by atoms with van der Waals surface area (Å²) in [5.74, 6) is 1.50. The van der Waals surface area contributed by atoms with Crippen LogP contribution in [0.4, 0.5) is 5.82 Å². The molecule has 17 heavy (non-hydrogen) atoms. The van der Waals surface area contributed by atoms with E-state index in [1.807, 2.05) is 0 Å². The van der Waals surface area contributed by atoms with Crippen LogP contribution in [0.1, 0.15) is 37.4 Å². The zero-order valence-electron chi connectivity index (χ0n) is 10.6. The smallest absolute Gasteiger partial charge is 0.132 e. The largest absolute Gasteiger partial charge is 0.369 e. The van der Waals surface area contributed by atoms with Gasteiger partial charge in [-0.05, 0) is 38.1 Å². The maximum atomic E-state index is 5.63. The zero-order chi connectivity index (χ0) is 12.1. The molecule has 0 saturated heterocycles. The molecule has 0 aromatic carbocycles. The molecule has 1 aromatic heterocycles. The maximum absolute atomic E-state index is 5.63. The van der Waals surface area contributed by atoms with Gasteiger partial charge in [-0.15, -0.1) is 0 Å². The molecule has 0 saturated carbocycles. The Morgan fingerprint density at radius 3 is 2.94 bits per heavy atom. The van der Waals surface area contributed by atoms with Crippen LogP contribution in [0.3, 0.4) is 0 Å². The van der Waals surface area contributed by atoms with E-state index < -0.39 is 0 Å². The third-order valence-electron chi connectivity index (χ3n) is 3.40. The van der Waals surface area contributed by atoms with E-state index in [1.54, 1.807) is 6.33 Å². The van der Waals surface area contributed by atoms with Crippen LogP contribution in [0.5, 0.6) is 0 Å². The van der Waals surface area contributed by atoms with E-state index in [9.17, 15) is 0 Å². The first-order chi connectivity index (χ1) is 8.31. The number of hydrogen-bond donors (Lipinski definition) is 2. The van der Waals surface area contributed by atoms with Crippen molar-refractivity contribution in [3.8, 4) is 0 Å². The Bertz CT molecular complexity index is 364. The van der Waals surface area contributed by atoms with Crippen molar-refractivity contribution >= 4 is 5.82 Å². The summed E-state index contributed by atoms with van der Waals surface area (Å²) < 4.78 is 0. The molecule has 1 heterocycles. The summed E-state index contributed by atoms with van der Waals surface area (Å²) in [5, 5.41) is 3.42. The molecule has 0 bridgehead atoms. The highest BCUT2D eigenvalue weighted by atomic mass is 15.0. The molecule has 1 aliphatic carbocycles. The minimum absolute atomic E-state index is 0.478. The lowest BCUT2D eigenvalue weighted by atomic mass is 10.1. The number of aromatic nitrogens is 2. The molecule has 1 atom stereocenters. The minimum atomic E-state index is 0.478. The second-order valence-corrected chi connectivity index (χ2v) is 4.93. The van der Waals surface area contributed by atoms with Crippen LogP contribution in [-0.4, -0.2) is 23.1 Å². The lowest BCUT2D eigenvalue weighted by Gasteiger charge is -2.14. The third kappa shape index (κ3) is 3.16. The van der Waals surface area contributed by atoms with Crippen molar-refractivity contribution in [3.05, 3.63) is 17.6 Å². The first-order valence-corrected chi connectivity index (χ1v) is 6.58. The first-order valence-electron chi connectivity index (χ1n) is 6.58. The Morgan fingerprint density at radius 2 is 2.12 bits per heavy atom. The van der Waals surface area contributed by atoms with Gasteiger partial charge in [0.15, 0.2) is 0 Å². The molecule has 4 nitrogen and oxygen atoms in total. The van der Waals surface area contributed by atoms with Crippen LogP contribution in [0.2, 0.25) is 0 Å². The molecule has 94 valence electrons. The van der Waals surface area contributed by atoms with Crippen LogP contribution in [0, 0.1) is 5.92 Å². The fourth-order valence-electron chi connectivity index (χ4n) is 2.20. The van der Waals surface area contributed by atoms with Crippen molar-refractivity contribution in [1.82, 2.24) is 9.97 Å². The quantitative estimate of drug-likeness (QED) is 0.779. The van der Waals surface area contributed by atoms with E-state index in [4.69, 9.17) is 5.73 Å². The number of nitrogens with two attached hydrogens (primary N) is 1. The van der Waals surface area contributed by atoms with Crippen molar-refractivity contribution in [2.45, 2.75) is 39.0 Å². The summed E-state index contributed by atoms with van der Waals surface area (Å²) in [6, 6.07) is 0. The highest BCUT2D eigenvalue weighted by Gasteiger charge is 2.14. The van der Waals surface area contributed by atoms with Crippen molar-refractivity contribution in [2.24, 2.45) is 11.7 Å². The Hall–Kier alpha value is -1.16. The molecular formula is C13H22N4. The van der Waals surface area contributed by atoms with Gasteiger partial charge in [0.2, 0.25) is 0 Å². The Balaban J connectivity index is 2.11. The van der Waals surface area contributed by atoms with Crippen LogP contribution >= 0.6 is 0 Å². The van der Waals surface area contributed by atoms with E-state index >= 15 is 0 Å². The molecule has 0 amide bonds. The summed E-state index contributed by atoms with van der Waals surface area (Å²) >= 11 is 0. The first kappa shape index (κ1) is 12.3. The summed E-state index contributed by atoms with van der Waals surface area (Å²) in [7, 11) is 0. The predicted octanol–water partition coefficient (Wildman–Crippen LogP) is 1.75. The number of fused-ring (bicyclic) bond motifs is 1. The van der Waals surface area contributed by atoms with Gasteiger partial charge in [0, 0.05) is 17.8 Å². The van der Waals surface area contributed by atoms with Gasteiger partial charge < -0.3 is 11.1 Å². The van der Waals surface area contributed by atoms with E-state index in [2.05, 4.69) is 22.2 Å². The molecular weight excluding hydrogens is 212 g/mol. The van der Waals surface area contributed by atoms with Gasteiger partial charge in [-0.2, -0.15) is 0 Å². The molecule has 1 aromatic rings. The van der Waals surface area contributed by atoms with Gasteiger partial charge in [-0.25, -0.2) is 9.97 Å². The molecule has 4 heteroatoms. The van der Waals surface area contributed by atoms with Crippen LogP contribution in [-0.2, 0) is 12.8 Å². The summed E-state index contributed by atoms with van der Waals surface area (Å²) in [6.07, 6.45) is 7.69. The average molecular weight is 234 g/mol. The lowest BCUT2D eigenvalue weighted by molar-refractivity contribution is 0.626. The Kier molecular flexibility index (Phi) is 4.31. The van der Waals surface area contributed by atoms with Crippen LogP contribution in [0.15, 0.2) is 6.33 Å². The van der Waals surface area contributed by atoms with Gasteiger partial charge in [0.05, 0.1) is 0 Å². The van der Waals surface area contributed by atoms with Crippen molar-refractivity contribution in [1.29, 1.82) is 0 Å². The highest BCUT2D eigenvalue weighted by molar-refractivity contribution is 5.46. The second-order valence-electron chi connectivity index (χ2n) is 4.93. The monoisotopic (exact) mass is 234 g/mol. The number of hydrogen-bond acceptors (Lipinski definition) is 4. The third-order valence-corrected chi connectivity index (χ3v) is 3.40. The molecule has 0 fully saturated rings. The van der Waals surface area contributed by atoms with Crippen molar-refractivity contribution < 1.29 is 0 Å². The van der Waals surface area contributed by atoms with Gasteiger partial charge in [0.1, 0.15) is 12.1 Å². The Morgan fingerprint density at radius 1 is 1.29 bits per heavy atom. The summed E-state index contributed by atoms with van der Waals surface area (Å²) in [6.45, 7) is 3.74. The molecule has 0 aliphatic heterocycles. The van der Waals surface area contributed by atoms with Crippen molar-refractivity contribution in [2.75, 3.05) is 18.4 Å². The lowest BCUT2D eigenvalue weighted by Crippen LogP contribution is -2.21. The summed E-state index contributed by atoms with van der Waals surface area (Å²) in [5.41, 5.74) is 8.19. The maximum Gasteiger partial charge on any atom is 0.132 e. The van der Waals surface area contributed by atoms with Gasteiger partial charge in [-0.1, -0.05) is 13.3 Å². The second kappa shape index (κ2) is 5.96. The number of nitrogens with zero attached hydrogens (tertiary/aromatic N) is 2. The van der Waals surface area contributed by atoms with E-state index in [1.165, 1.54) is 30.5 Å². The number of nitrogens with one attached hydrogen (secondary N) is 1. The number of aryl methyl sites for hydroxylation is 1. The fraction of sp³-hybridized carbons (Fsp3) is 0.692. The predicted molar refractivity (Wildman–Crippen MR) is 70.0 cm³/mol. The van der Waals surface area contributed by atoms with Crippen molar-refractivity contribution in [3.63, 3.8) is 0 Å². The molecule has 2 rings (SSSR count). The van der Waals surface area contributed by atoms with Crippen LogP contribution in [0.25, 0.3) is 0 Å². The molecule has 0 spiro atoms. The topological polar surface area (TPSA) is 63.8 Å². The highest BCUT2D eigenvalue weighted by Crippen LogP contribution is 2.23. The van der Waals surface area contributed by atoms with E-state index in [0.717, 1.165) is 25.2 Å². The van der Waals surface area contributed by atoms with Gasteiger partial charge in [-0.3, -0.25) is 0 Å². The molecule has 0 radical (unpaired) electrons. The van der Waals surface area contributed by atoms with Crippen LogP contribution < -0.4 is 11.1 Å². The standard InChI is InChI=1S/C13H22N4/c1-10(7-14)8-15-13-11-5-3-2-4-6-12(11)16-9-17-13/h9-10H,2-8,14H2,1H3,(H,15,16,17). The van der Waals surface area contributed by atoms with E-state index in [0.29, 0.717) is 12.5 Å².